The third-order valence-electron chi connectivity index (χ3n) is 3.19. The number of aromatic nitrogens is 4. The molecule has 3 rings (SSSR count). The summed E-state index contributed by atoms with van der Waals surface area (Å²) in [6.07, 6.45) is 4.75. The number of hydrogen-bond donors (Lipinski definition) is 1. The molecular weight excluding hydrogens is 414 g/mol. The van der Waals surface area contributed by atoms with Crippen molar-refractivity contribution in [2.45, 2.75) is 24.0 Å². The van der Waals surface area contributed by atoms with Crippen LogP contribution in [-0.4, -0.2) is 29.7 Å². The molecule has 0 aliphatic rings. The summed E-state index contributed by atoms with van der Waals surface area (Å²) in [6.45, 7) is 3.79. The van der Waals surface area contributed by atoms with E-state index in [0.717, 1.165) is 0 Å². The summed E-state index contributed by atoms with van der Waals surface area (Å²) < 4.78 is 13.5. The highest BCUT2D eigenvalue weighted by Crippen LogP contribution is 2.34. The Kier molecular flexibility index (Phi) is 5.19. The van der Waals surface area contributed by atoms with Crippen LogP contribution in [0.4, 0.5) is 11.5 Å². The maximum Gasteiger partial charge on any atom is 0.224 e. The van der Waals surface area contributed by atoms with E-state index in [-0.39, 0.29) is 10.5 Å². The number of rotatable bonds is 4. The van der Waals surface area contributed by atoms with Crippen LogP contribution in [0.5, 0.6) is 0 Å². The van der Waals surface area contributed by atoms with E-state index in [4.69, 9.17) is 11.6 Å². The maximum atomic E-state index is 12.9. The van der Waals surface area contributed by atoms with Crippen molar-refractivity contribution in [2.75, 3.05) is 5.32 Å². The van der Waals surface area contributed by atoms with Crippen molar-refractivity contribution in [2.24, 2.45) is 0 Å². The summed E-state index contributed by atoms with van der Waals surface area (Å²) in [5, 5.41) is 3.21. The molecule has 0 saturated carbocycles. The predicted octanol–water partition coefficient (Wildman–Crippen LogP) is 4.10. The van der Waals surface area contributed by atoms with Crippen molar-refractivity contribution >= 4 is 61.2 Å². The van der Waals surface area contributed by atoms with E-state index in [1.54, 1.807) is 18.6 Å². The molecule has 2 heterocycles. The third kappa shape index (κ3) is 3.46. The van der Waals surface area contributed by atoms with E-state index in [9.17, 15) is 4.55 Å². The lowest BCUT2D eigenvalue weighted by Crippen LogP contribution is -2.17. The first-order valence-electron chi connectivity index (χ1n) is 7.06. The molecule has 2 aromatic heterocycles. The average Bonchev–Trinajstić information content (AvgIpc) is 2.57. The van der Waals surface area contributed by atoms with Gasteiger partial charge in [0, 0.05) is 18.6 Å². The average molecular weight is 427 g/mol. The number of benzene rings is 1. The maximum absolute atomic E-state index is 12.9. The Labute approximate surface area is 155 Å². The minimum absolute atomic E-state index is 0.0735. The van der Waals surface area contributed by atoms with Gasteiger partial charge >= 0.3 is 0 Å². The Balaban J connectivity index is 2.16. The van der Waals surface area contributed by atoms with Crippen molar-refractivity contribution in [1.29, 1.82) is 0 Å². The van der Waals surface area contributed by atoms with E-state index >= 15 is 0 Å². The van der Waals surface area contributed by atoms with Gasteiger partial charge in [0.2, 0.25) is 10.2 Å². The SMILES string of the molecule is CC(C)[S+]([O-])c1c(Nc2nc(Cl)ncc2Br)ccc2nccnc12. The summed E-state index contributed by atoms with van der Waals surface area (Å²) in [7, 11) is 0. The number of nitrogens with one attached hydrogen (secondary N) is 1. The molecule has 0 aliphatic heterocycles. The van der Waals surface area contributed by atoms with E-state index in [0.29, 0.717) is 31.9 Å². The fourth-order valence-electron chi connectivity index (χ4n) is 2.11. The van der Waals surface area contributed by atoms with Crippen molar-refractivity contribution in [1.82, 2.24) is 19.9 Å². The summed E-state index contributed by atoms with van der Waals surface area (Å²) in [6, 6.07) is 3.64. The highest BCUT2D eigenvalue weighted by Gasteiger charge is 2.25. The molecule has 24 heavy (non-hydrogen) atoms. The molecule has 9 heteroatoms. The number of nitrogens with zero attached hydrogens (tertiary/aromatic N) is 4. The summed E-state index contributed by atoms with van der Waals surface area (Å²) in [5.74, 6) is 0.486. The highest BCUT2D eigenvalue weighted by molar-refractivity contribution is 9.10. The standard InChI is InChI=1S/C15H13BrClN5OS/c1-8(2)24(23)13-11(4-3-10-12(13)19-6-5-18-10)21-14-9(16)7-20-15(17)22-14/h3-8H,1-2H3,(H,20,21,22). The quantitative estimate of drug-likeness (QED) is 0.499. The highest BCUT2D eigenvalue weighted by atomic mass is 79.9. The Hall–Kier alpha value is -1.48. The number of fused-ring (bicyclic) bond motifs is 1. The smallest absolute Gasteiger partial charge is 0.224 e. The molecule has 1 atom stereocenters. The molecule has 0 aliphatic carbocycles. The van der Waals surface area contributed by atoms with Crippen LogP contribution in [-0.2, 0) is 11.2 Å². The van der Waals surface area contributed by atoms with Gasteiger partial charge in [0.25, 0.3) is 0 Å². The third-order valence-corrected chi connectivity index (χ3v) is 5.63. The fourth-order valence-corrected chi connectivity index (χ4v) is 3.69. The second kappa shape index (κ2) is 7.18. The molecule has 0 fully saturated rings. The lowest BCUT2D eigenvalue weighted by atomic mass is 10.2. The predicted molar refractivity (Wildman–Crippen MR) is 99.1 cm³/mol. The molecule has 1 unspecified atom stereocenters. The lowest BCUT2D eigenvalue weighted by molar-refractivity contribution is 0.587. The Morgan fingerprint density at radius 1 is 1.21 bits per heavy atom. The first-order valence-corrected chi connectivity index (χ1v) is 9.45. The molecule has 3 aromatic rings. The minimum Gasteiger partial charge on any atom is -0.611 e. The first kappa shape index (κ1) is 17.3. The van der Waals surface area contributed by atoms with Crippen molar-refractivity contribution in [3.63, 3.8) is 0 Å². The van der Waals surface area contributed by atoms with Crippen LogP contribution in [0.3, 0.4) is 0 Å². The molecule has 0 bridgehead atoms. The Morgan fingerprint density at radius 2 is 1.96 bits per heavy atom. The van der Waals surface area contributed by atoms with E-state index < -0.39 is 11.2 Å². The van der Waals surface area contributed by atoms with Crippen LogP contribution in [0, 0.1) is 0 Å². The molecule has 124 valence electrons. The van der Waals surface area contributed by atoms with Crippen LogP contribution in [0.15, 0.2) is 40.1 Å². The van der Waals surface area contributed by atoms with Crippen LogP contribution in [0.1, 0.15) is 13.8 Å². The van der Waals surface area contributed by atoms with Gasteiger partial charge in [-0.25, -0.2) is 9.97 Å². The van der Waals surface area contributed by atoms with Gasteiger partial charge in [0.05, 0.1) is 15.7 Å². The fraction of sp³-hybridized carbons (Fsp3) is 0.200. The largest absolute Gasteiger partial charge is 0.611 e. The zero-order valence-corrected chi connectivity index (χ0v) is 16.0. The number of hydrogen-bond acceptors (Lipinski definition) is 6. The van der Waals surface area contributed by atoms with E-state index in [1.165, 1.54) is 0 Å². The van der Waals surface area contributed by atoms with E-state index in [2.05, 4.69) is 41.2 Å². The zero-order chi connectivity index (χ0) is 17.3. The van der Waals surface area contributed by atoms with Gasteiger partial charge in [0.1, 0.15) is 16.6 Å². The normalized spacial score (nSPS) is 12.6. The van der Waals surface area contributed by atoms with Crippen LogP contribution < -0.4 is 5.32 Å². The molecule has 0 spiro atoms. The molecule has 6 nitrogen and oxygen atoms in total. The first-order chi connectivity index (χ1) is 11.5. The summed E-state index contributed by atoms with van der Waals surface area (Å²) in [4.78, 5) is 17.3. The molecule has 1 aromatic carbocycles. The van der Waals surface area contributed by atoms with Crippen LogP contribution in [0.2, 0.25) is 5.28 Å². The van der Waals surface area contributed by atoms with Gasteiger partial charge in [-0.15, -0.1) is 0 Å². The van der Waals surface area contributed by atoms with Crippen molar-refractivity contribution in [3.05, 3.63) is 40.5 Å². The number of anilines is 2. The van der Waals surface area contributed by atoms with Gasteiger partial charge < -0.3 is 9.87 Å². The Morgan fingerprint density at radius 3 is 2.71 bits per heavy atom. The van der Waals surface area contributed by atoms with Crippen molar-refractivity contribution in [3.8, 4) is 0 Å². The van der Waals surface area contributed by atoms with Gasteiger partial charge in [-0.2, -0.15) is 4.98 Å². The molecule has 0 saturated heterocycles. The summed E-state index contributed by atoms with van der Waals surface area (Å²) in [5.41, 5.74) is 1.93. The van der Waals surface area contributed by atoms with Crippen LogP contribution >= 0.6 is 27.5 Å². The number of halogens is 2. The van der Waals surface area contributed by atoms with E-state index in [1.807, 2.05) is 26.0 Å². The topological polar surface area (TPSA) is 86.6 Å². The molecule has 1 N–H and O–H groups in total. The Bertz CT molecular complexity index is 895. The monoisotopic (exact) mass is 425 g/mol. The molecular formula is C15H13BrClN5OS. The van der Waals surface area contributed by atoms with Gasteiger partial charge in [-0.05, 0) is 64.7 Å². The zero-order valence-electron chi connectivity index (χ0n) is 12.8. The minimum atomic E-state index is -1.26. The second-order valence-corrected chi connectivity index (χ2v) is 8.31. The van der Waals surface area contributed by atoms with Crippen molar-refractivity contribution < 1.29 is 4.55 Å². The van der Waals surface area contributed by atoms with Gasteiger partial charge in [-0.1, -0.05) is 0 Å². The van der Waals surface area contributed by atoms with Gasteiger partial charge in [0.15, 0.2) is 0 Å². The van der Waals surface area contributed by atoms with Crippen LogP contribution in [0.25, 0.3) is 11.0 Å². The lowest BCUT2D eigenvalue weighted by Gasteiger charge is -2.19. The summed E-state index contributed by atoms with van der Waals surface area (Å²) >= 11 is 7.98. The molecule has 0 amide bonds. The van der Waals surface area contributed by atoms with Gasteiger partial charge in [-0.3, -0.25) is 4.98 Å². The second-order valence-electron chi connectivity index (χ2n) is 5.17. The molecule has 0 radical (unpaired) electrons.